The minimum Gasteiger partial charge on any atom is -0.490 e. The predicted octanol–water partition coefficient (Wildman–Crippen LogP) is 3.59. The fraction of sp³-hybridized carbons (Fsp3) is 0.364. The molecule has 170 valence electrons. The maximum atomic E-state index is 12.9. The zero-order valence-corrected chi connectivity index (χ0v) is 20.4. The first-order valence-corrected chi connectivity index (χ1v) is 9.94. The third-order valence-electron chi connectivity index (χ3n) is 4.08. The van der Waals surface area contributed by atoms with E-state index in [-0.39, 0.29) is 42.2 Å². The highest BCUT2D eigenvalue weighted by Gasteiger charge is 2.07. The lowest BCUT2D eigenvalue weighted by Crippen LogP contribution is -2.42. The van der Waals surface area contributed by atoms with Crippen molar-refractivity contribution in [2.45, 2.75) is 20.3 Å². The van der Waals surface area contributed by atoms with Crippen LogP contribution in [-0.2, 0) is 11.2 Å². The Kier molecular flexibility index (Phi) is 12.3. The van der Waals surface area contributed by atoms with Gasteiger partial charge in [0.1, 0.15) is 5.82 Å². The molecule has 31 heavy (non-hydrogen) atoms. The molecule has 2 aromatic rings. The van der Waals surface area contributed by atoms with Crippen LogP contribution in [0.4, 0.5) is 10.1 Å². The molecule has 0 spiro atoms. The number of amides is 1. The Morgan fingerprint density at radius 3 is 2.32 bits per heavy atom. The van der Waals surface area contributed by atoms with Gasteiger partial charge in [0.2, 0.25) is 5.91 Å². The molecule has 9 heteroatoms. The van der Waals surface area contributed by atoms with E-state index >= 15 is 0 Å². The van der Waals surface area contributed by atoms with Crippen molar-refractivity contribution < 1.29 is 18.7 Å². The van der Waals surface area contributed by atoms with Gasteiger partial charge in [-0.2, -0.15) is 0 Å². The van der Waals surface area contributed by atoms with Crippen LogP contribution in [0.5, 0.6) is 11.5 Å². The normalized spacial score (nSPS) is 10.6. The molecule has 0 aliphatic heterocycles. The summed E-state index contributed by atoms with van der Waals surface area (Å²) in [6.07, 6.45) is 0.745. The number of carbonyl (C=O) groups excluding carboxylic acids is 1. The summed E-state index contributed by atoms with van der Waals surface area (Å²) in [7, 11) is 1.64. The van der Waals surface area contributed by atoms with Crippen molar-refractivity contribution >= 4 is 41.5 Å². The number of nitrogens with zero attached hydrogens (tertiary/aromatic N) is 1. The number of nitrogens with one attached hydrogen (secondary N) is 3. The minimum atomic E-state index is -0.350. The number of hydrogen-bond donors (Lipinski definition) is 3. The van der Waals surface area contributed by atoms with Crippen LogP contribution in [-0.4, -0.2) is 45.2 Å². The van der Waals surface area contributed by atoms with Gasteiger partial charge in [-0.05, 0) is 62.2 Å². The molecule has 7 nitrogen and oxygen atoms in total. The quantitative estimate of drug-likeness (QED) is 0.242. The summed E-state index contributed by atoms with van der Waals surface area (Å²) in [5, 5.41) is 8.81. The van der Waals surface area contributed by atoms with Gasteiger partial charge in [-0.25, -0.2) is 4.39 Å². The molecule has 0 heterocycles. The molecule has 0 aliphatic rings. The van der Waals surface area contributed by atoms with Gasteiger partial charge in [0.05, 0.1) is 19.8 Å². The van der Waals surface area contributed by atoms with Crippen LogP contribution in [0, 0.1) is 5.82 Å². The van der Waals surface area contributed by atoms with Crippen LogP contribution in [0.25, 0.3) is 0 Å². The Bertz CT molecular complexity index is 847. The smallest absolute Gasteiger partial charge is 0.243 e. The first-order valence-electron chi connectivity index (χ1n) is 9.94. The third-order valence-corrected chi connectivity index (χ3v) is 4.08. The second kappa shape index (κ2) is 14.4. The molecule has 2 rings (SSSR count). The molecule has 0 aliphatic carbocycles. The predicted molar refractivity (Wildman–Crippen MR) is 132 cm³/mol. The van der Waals surface area contributed by atoms with Crippen molar-refractivity contribution in [2.24, 2.45) is 4.99 Å². The van der Waals surface area contributed by atoms with Gasteiger partial charge < -0.3 is 25.4 Å². The highest BCUT2D eigenvalue weighted by molar-refractivity contribution is 14.0. The fourth-order valence-electron chi connectivity index (χ4n) is 2.70. The fourth-order valence-corrected chi connectivity index (χ4v) is 2.70. The monoisotopic (exact) mass is 544 g/mol. The van der Waals surface area contributed by atoms with Crippen molar-refractivity contribution in [2.75, 3.05) is 38.7 Å². The Hall–Kier alpha value is -2.56. The summed E-state index contributed by atoms with van der Waals surface area (Å²) in [6, 6.07) is 11.5. The summed E-state index contributed by atoms with van der Waals surface area (Å²) in [5.41, 5.74) is 1.63. The van der Waals surface area contributed by atoms with E-state index in [2.05, 4.69) is 20.9 Å². The summed E-state index contributed by atoms with van der Waals surface area (Å²) in [4.78, 5) is 16.1. The number of carbonyl (C=O) groups is 1. The van der Waals surface area contributed by atoms with Gasteiger partial charge in [-0.1, -0.05) is 6.07 Å². The number of anilines is 1. The first kappa shape index (κ1) is 26.5. The maximum absolute atomic E-state index is 12.9. The van der Waals surface area contributed by atoms with Crippen molar-refractivity contribution in [1.29, 1.82) is 0 Å². The van der Waals surface area contributed by atoms with Crippen molar-refractivity contribution in [3.8, 4) is 11.5 Å². The lowest BCUT2D eigenvalue weighted by Gasteiger charge is -2.14. The minimum absolute atomic E-state index is 0. The lowest BCUT2D eigenvalue weighted by molar-refractivity contribution is -0.115. The van der Waals surface area contributed by atoms with Crippen LogP contribution in [0.1, 0.15) is 19.4 Å². The Labute approximate surface area is 199 Å². The third kappa shape index (κ3) is 9.41. The Morgan fingerprint density at radius 1 is 1.00 bits per heavy atom. The lowest BCUT2D eigenvalue weighted by atomic mass is 10.1. The van der Waals surface area contributed by atoms with Crippen LogP contribution >= 0.6 is 24.0 Å². The second-order valence-electron chi connectivity index (χ2n) is 6.30. The molecular weight excluding hydrogens is 514 g/mol. The van der Waals surface area contributed by atoms with Gasteiger partial charge in [-0.15, -0.1) is 24.0 Å². The van der Waals surface area contributed by atoms with E-state index < -0.39 is 0 Å². The molecular formula is C22H30FIN4O3. The number of rotatable bonds is 10. The molecule has 0 saturated heterocycles. The number of guanidine groups is 1. The molecule has 0 radical (unpaired) electrons. The van der Waals surface area contributed by atoms with Crippen LogP contribution in [0.2, 0.25) is 0 Å². The topological polar surface area (TPSA) is 84.0 Å². The van der Waals surface area contributed by atoms with Crippen LogP contribution < -0.4 is 25.4 Å². The van der Waals surface area contributed by atoms with E-state index in [1.165, 1.54) is 24.3 Å². The number of hydrogen-bond acceptors (Lipinski definition) is 4. The van der Waals surface area contributed by atoms with Crippen molar-refractivity contribution in [1.82, 2.24) is 10.6 Å². The molecule has 0 bridgehead atoms. The van der Waals surface area contributed by atoms with E-state index in [9.17, 15) is 9.18 Å². The molecule has 0 saturated carbocycles. The molecule has 0 aromatic heterocycles. The molecule has 1 amide bonds. The first-order chi connectivity index (χ1) is 14.5. The zero-order chi connectivity index (χ0) is 21.8. The number of benzene rings is 2. The van der Waals surface area contributed by atoms with E-state index in [1.54, 1.807) is 7.05 Å². The second-order valence-corrected chi connectivity index (χ2v) is 6.30. The molecule has 0 atom stereocenters. The summed E-state index contributed by atoms with van der Waals surface area (Å²) in [5.74, 6) is 1.38. The highest BCUT2D eigenvalue weighted by atomic mass is 127. The van der Waals surface area contributed by atoms with E-state index in [0.29, 0.717) is 31.4 Å². The molecule has 2 aromatic carbocycles. The van der Waals surface area contributed by atoms with Crippen LogP contribution in [0.15, 0.2) is 47.5 Å². The number of aliphatic imine (C=N–C) groups is 1. The molecule has 3 N–H and O–H groups in total. The van der Waals surface area contributed by atoms with Crippen LogP contribution in [0.3, 0.4) is 0 Å². The number of halogens is 2. The summed E-state index contributed by atoms with van der Waals surface area (Å²) < 4.78 is 24.2. The average molecular weight is 544 g/mol. The van der Waals surface area contributed by atoms with E-state index in [4.69, 9.17) is 9.47 Å². The van der Waals surface area contributed by atoms with Gasteiger partial charge >= 0.3 is 0 Å². The van der Waals surface area contributed by atoms with Gasteiger partial charge in [0.15, 0.2) is 17.5 Å². The van der Waals surface area contributed by atoms with Gasteiger partial charge in [0, 0.05) is 19.3 Å². The standard InChI is InChI=1S/C22H29FN4O3.HI/c1-4-29-19-11-6-16(14-20(19)30-5-2)12-13-25-22(24-3)26-15-21(28)27-18-9-7-17(23)8-10-18;/h6-11,14H,4-5,12-13,15H2,1-3H3,(H,27,28)(H2,24,25,26);1H. The Morgan fingerprint density at radius 2 is 1.68 bits per heavy atom. The molecule has 0 unspecified atom stereocenters. The Balaban J connectivity index is 0.00000480. The zero-order valence-electron chi connectivity index (χ0n) is 18.0. The SMILES string of the molecule is CCOc1ccc(CCNC(=NC)NCC(=O)Nc2ccc(F)cc2)cc1OCC.I. The van der Waals surface area contributed by atoms with E-state index in [1.807, 2.05) is 32.0 Å². The maximum Gasteiger partial charge on any atom is 0.243 e. The van der Waals surface area contributed by atoms with E-state index in [0.717, 1.165) is 23.5 Å². The van der Waals surface area contributed by atoms with Gasteiger partial charge in [-0.3, -0.25) is 9.79 Å². The van der Waals surface area contributed by atoms with Crippen molar-refractivity contribution in [3.05, 3.63) is 53.8 Å². The molecule has 0 fully saturated rings. The largest absolute Gasteiger partial charge is 0.490 e. The van der Waals surface area contributed by atoms with Gasteiger partial charge in [0.25, 0.3) is 0 Å². The van der Waals surface area contributed by atoms with Crippen molar-refractivity contribution in [3.63, 3.8) is 0 Å². The average Bonchev–Trinajstić information content (AvgIpc) is 2.74. The summed E-state index contributed by atoms with van der Waals surface area (Å²) in [6.45, 7) is 5.68. The summed E-state index contributed by atoms with van der Waals surface area (Å²) >= 11 is 0. The highest BCUT2D eigenvalue weighted by Crippen LogP contribution is 2.28. The number of ether oxygens (including phenoxy) is 2.